The van der Waals surface area contributed by atoms with Gasteiger partial charge in [0.25, 0.3) is 0 Å². The van der Waals surface area contributed by atoms with Gasteiger partial charge in [-0.15, -0.1) is 0 Å². The van der Waals surface area contributed by atoms with Crippen molar-refractivity contribution in [2.75, 3.05) is 20.2 Å². The number of carboxylic acid groups (broad SMARTS) is 1. The molecular formula is C27H27NO3. The lowest BCUT2D eigenvalue weighted by atomic mass is 9.90. The van der Waals surface area contributed by atoms with E-state index in [1.807, 2.05) is 54.6 Å². The van der Waals surface area contributed by atoms with Gasteiger partial charge in [-0.3, -0.25) is 0 Å². The van der Waals surface area contributed by atoms with E-state index in [0.29, 0.717) is 0 Å². The Balaban J connectivity index is 1.77. The summed E-state index contributed by atoms with van der Waals surface area (Å²) in [5.74, 6) is -0.0478. The highest BCUT2D eigenvalue weighted by Gasteiger charge is 2.15. The standard InChI is InChI=1S/C27H27NO3/c1-31-25-14-6-13-24(19-25)26(20-28-17-7-11-21-8-3-2-4-9-21)23-12-5-10-22(18-23)15-16-27(29)30/h2-16,18-19,26,28H,17,20H2,1H3,(H,29,30). The van der Waals surface area contributed by atoms with E-state index in [-0.39, 0.29) is 5.92 Å². The zero-order valence-corrected chi connectivity index (χ0v) is 17.6. The van der Waals surface area contributed by atoms with E-state index in [0.717, 1.165) is 41.6 Å². The third-order valence-electron chi connectivity index (χ3n) is 4.95. The van der Waals surface area contributed by atoms with Crippen molar-refractivity contribution in [1.29, 1.82) is 0 Å². The predicted octanol–water partition coefficient (Wildman–Crippen LogP) is 5.23. The van der Waals surface area contributed by atoms with Crippen LogP contribution in [0, 0.1) is 0 Å². The Bertz CT molecular complexity index is 1040. The van der Waals surface area contributed by atoms with Gasteiger partial charge in [-0.05, 0) is 40.5 Å². The van der Waals surface area contributed by atoms with Crippen LogP contribution in [0.3, 0.4) is 0 Å². The summed E-state index contributed by atoms with van der Waals surface area (Å²) in [5.41, 5.74) is 4.28. The highest BCUT2D eigenvalue weighted by molar-refractivity contribution is 5.85. The van der Waals surface area contributed by atoms with Crippen LogP contribution in [-0.4, -0.2) is 31.3 Å². The summed E-state index contributed by atoms with van der Waals surface area (Å²) in [4.78, 5) is 10.9. The molecule has 0 amide bonds. The molecule has 1 atom stereocenters. The molecule has 0 saturated carbocycles. The molecule has 0 radical (unpaired) electrons. The first-order valence-electron chi connectivity index (χ1n) is 10.2. The molecule has 0 aliphatic heterocycles. The fraction of sp³-hybridized carbons (Fsp3) is 0.148. The van der Waals surface area contributed by atoms with Gasteiger partial charge in [-0.2, -0.15) is 0 Å². The molecule has 0 bridgehead atoms. The van der Waals surface area contributed by atoms with E-state index >= 15 is 0 Å². The number of benzene rings is 3. The van der Waals surface area contributed by atoms with E-state index in [1.165, 1.54) is 5.56 Å². The van der Waals surface area contributed by atoms with Crippen molar-refractivity contribution in [2.24, 2.45) is 0 Å². The van der Waals surface area contributed by atoms with Crippen molar-refractivity contribution in [3.63, 3.8) is 0 Å². The second kappa shape index (κ2) is 11.5. The lowest BCUT2D eigenvalue weighted by Gasteiger charge is -2.20. The SMILES string of the molecule is COc1cccc(C(CNCC=Cc2ccccc2)c2cccc(C=CC(=O)O)c2)c1. The van der Waals surface area contributed by atoms with Crippen LogP contribution in [0.4, 0.5) is 0 Å². The summed E-state index contributed by atoms with van der Waals surface area (Å²) in [6, 6.07) is 26.2. The molecule has 3 aromatic carbocycles. The minimum atomic E-state index is -0.957. The van der Waals surface area contributed by atoms with Gasteiger partial charge in [-0.1, -0.05) is 78.9 Å². The highest BCUT2D eigenvalue weighted by Crippen LogP contribution is 2.28. The van der Waals surface area contributed by atoms with E-state index in [1.54, 1.807) is 13.2 Å². The number of rotatable bonds is 10. The van der Waals surface area contributed by atoms with Crippen molar-refractivity contribution >= 4 is 18.1 Å². The quantitative estimate of drug-likeness (QED) is 0.353. The smallest absolute Gasteiger partial charge is 0.328 e. The van der Waals surface area contributed by atoms with Crippen LogP contribution in [-0.2, 0) is 4.79 Å². The summed E-state index contributed by atoms with van der Waals surface area (Å²) in [6.45, 7) is 1.48. The van der Waals surface area contributed by atoms with Gasteiger partial charge in [0.15, 0.2) is 0 Å². The molecule has 0 saturated heterocycles. The average molecular weight is 414 g/mol. The molecule has 0 aliphatic rings. The zero-order valence-electron chi connectivity index (χ0n) is 17.6. The number of hydrogen-bond donors (Lipinski definition) is 2. The van der Waals surface area contributed by atoms with Gasteiger partial charge in [0.1, 0.15) is 5.75 Å². The number of nitrogens with one attached hydrogen (secondary N) is 1. The third-order valence-corrected chi connectivity index (χ3v) is 4.95. The first kappa shape index (κ1) is 22.1. The monoisotopic (exact) mass is 413 g/mol. The van der Waals surface area contributed by atoms with Gasteiger partial charge < -0.3 is 15.2 Å². The van der Waals surface area contributed by atoms with E-state index in [2.05, 4.69) is 41.7 Å². The maximum absolute atomic E-state index is 10.9. The number of ether oxygens (including phenoxy) is 1. The summed E-state index contributed by atoms with van der Waals surface area (Å²) >= 11 is 0. The number of methoxy groups -OCH3 is 1. The number of hydrogen-bond acceptors (Lipinski definition) is 3. The Kier molecular flexibility index (Phi) is 8.21. The molecule has 3 rings (SSSR count). The maximum Gasteiger partial charge on any atom is 0.328 e. The van der Waals surface area contributed by atoms with Gasteiger partial charge in [0, 0.05) is 25.1 Å². The molecule has 0 spiro atoms. The summed E-state index contributed by atoms with van der Waals surface area (Å²) in [5, 5.41) is 12.4. The van der Waals surface area contributed by atoms with Crippen molar-refractivity contribution in [3.05, 3.63) is 113 Å². The Morgan fingerprint density at radius 1 is 0.935 bits per heavy atom. The molecule has 0 aliphatic carbocycles. The summed E-state index contributed by atoms with van der Waals surface area (Å²) in [6.07, 6.45) is 6.99. The summed E-state index contributed by atoms with van der Waals surface area (Å²) < 4.78 is 5.41. The van der Waals surface area contributed by atoms with Crippen LogP contribution in [0.25, 0.3) is 12.2 Å². The Morgan fingerprint density at radius 2 is 1.65 bits per heavy atom. The second-order valence-corrected chi connectivity index (χ2v) is 7.14. The Morgan fingerprint density at radius 3 is 2.39 bits per heavy atom. The fourth-order valence-corrected chi connectivity index (χ4v) is 3.40. The second-order valence-electron chi connectivity index (χ2n) is 7.14. The zero-order chi connectivity index (χ0) is 21.9. The number of aliphatic carboxylic acids is 1. The Hall–Kier alpha value is -3.63. The van der Waals surface area contributed by atoms with E-state index in [9.17, 15) is 4.79 Å². The normalized spacial score (nSPS) is 12.3. The topological polar surface area (TPSA) is 58.6 Å². The van der Waals surface area contributed by atoms with Crippen LogP contribution in [0.15, 0.2) is 91.0 Å². The summed E-state index contributed by atoms with van der Waals surface area (Å²) in [7, 11) is 1.66. The third kappa shape index (κ3) is 6.98. The molecule has 3 aromatic rings. The lowest BCUT2D eigenvalue weighted by molar-refractivity contribution is -0.131. The maximum atomic E-state index is 10.9. The number of carbonyl (C=O) groups is 1. The van der Waals surface area contributed by atoms with Gasteiger partial charge in [0.05, 0.1) is 7.11 Å². The minimum absolute atomic E-state index is 0.0957. The van der Waals surface area contributed by atoms with Crippen molar-refractivity contribution in [2.45, 2.75) is 5.92 Å². The Labute approximate surface area is 183 Å². The first-order valence-corrected chi connectivity index (χ1v) is 10.2. The van der Waals surface area contributed by atoms with Crippen molar-refractivity contribution < 1.29 is 14.6 Å². The van der Waals surface area contributed by atoms with Crippen molar-refractivity contribution in [3.8, 4) is 5.75 Å². The fourth-order valence-electron chi connectivity index (χ4n) is 3.40. The van der Waals surface area contributed by atoms with Gasteiger partial charge >= 0.3 is 5.97 Å². The van der Waals surface area contributed by atoms with Crippen LogP contribution in [0.1, 0.15) is 28.2 Å². The van der Waals surface area contributed by atoms with Crippen molar-refractivity contribution in [1.82, 2.24) is 5.32 Å². The first-order chi connectivity index (χ1) is 15.2. The van der Waals surface area contributed by atoms with Crippen LogP contribution >= 0.6 is 0 Å². The highest BCUT2D eigenvalue weighted by atomic mass is 16.5. The molecular weight excluding hydrogens is 386 g/mol. The molecule has 31 heavy (non-hydrogen) atoms. The molecule has 0 heterocycles. The molecule has 2 N–H and O–H groups in total. The lowest BCUT2D eigenvalue weighted by Crippen LogP contribution is -2.22. The van der Waals surface area contributed by atoms with E-state index < -0.39 is 5.97 Å². The van der Waals surface area contributed by atoms with Crippen LogP contribution < -0.4 is 10.1 Å². The molecule has 1 unspecified atom stereocenters. The van der Waals surface area contributed by atoms with E-state index in [4.69, 9.17) is 9.84 Å². The average Bonchev–Trinajstić information content (AvgIpc) is 2.81. The molecule has 0 aromatic heterocycles. The van der Waals surface area contributed by atoms with Crippen LogP contribution in [0.2, 0.25) is 0 Å². The molecule has 158 valence electrons. The van der Waals surface area contributed by atoms with Crippen LogP contribution in [0.5, 0.6) is 5.75 Å². The van der Waals surface area contributed by atoms with Gasteiger partial charge in [-0.25, -0.2) is 4.79 Å². The van der Waals surface area contributed by atoms with Gasteiger partial charge in [0.2, 0.25) is 0 Å². The number of carboxylic acids is 1. The minimum Gasteiger partial charge on any atom is -0.497 e. The molecule has 4 heteroatoms. The molecule has 4 nitrogen and oxygen atoms in total. The predicted molar refractivity (Wildman–Crippen MR) is 126 cm³/mol. The largest absolute Gasteiger partial charge is 0.497 e. The molecule has 0 fully saturated rings.